The second kappa shape index (κ2) is 6.76. The van der Waals surface area contributed by atoms with Gasteiger partial charge in [-0.15, -0.1) is 0 Å². The average Bonchev–Trinajstić information content (AvgIpc) is 2.46. The monoisotopic (exact) mass is 376 g/mol. The molecule has 0 N–H and O–H groups in total. The molecule has 0 saturated heterocycles. The van der Waals surface area contributed by atoms with Gasteiger partial charge in [-0.2, -0.15) is 0 Å². The van der Waals surface area contributed by atoms with Crippen LogP contribution in [0, 0.1) is 0 Å². The zero-order chi connectivity index (χ0) is 12.8. The van der Waals surface area contributed by atoms with Crippen molar-refractivity contribution in [2.45, 2.75) is 0 Å². The topological polar surface area (TPSA) is 44.2 Å². The fourth-order valence-electron chi connectivity index (χ4n) is 1.17. The molecule has 2 heterocycles. The molecule has 2 rings (SSSR count). The van der Waals surface area contributed by atoms with Crippen LogP contribution in [0.2, 0.25) is 0 Å². The first-order chi connectivity index (χ1) is 8.81. The van der Waals surface area contributed by atoms with E-state index in [0.29, 0.717) is 38.0 Å². The summed E-state index contributed by atoms with van der Waals surface area (Å²) < 4.78 is 12.6. The molecule has 4 nitrogen and oxygen atoms in total. The molecule has 0 aromatic carbocycles. The Kier molecular flexibility index (Phi) is 5.02. The molecule has 0 unspecified atom stereocenters. The summed E-state index contributed by atoms with van der Waals surface area (Å²) in [5.41, 5.74) is 0. The maximum atomic E-state index is 5.03. The predicted octanol–water partition coefficient (Wildman–Crippen LogP) is -0.232. The number of methoxy groups -OCH3 is 2. The van der Waals surface area contributed by atoms with Gasteiger partial charge in [0.25, 0.3) is 0 Å². The van der Waals surface area contributed by atoms with Gasteiger partial charge in [-0.05, 0) is 0 Å². The summed E-state index contributed by atoms with van der Waals surface area (Å²) in [5.74, 6) is 1.32. The van der Waals surface area contributed by atoms with Gasteiger partial charge in [-0.1, -0.05) is 0 Å². The first kappa shape index (κ1) is 13.4. The number of rotatable bonds is 5. The van der Waals surface area contributed by atoms with Crippen molar-refractivity contribution in [3.8, 4) is 11.8 Å². The normalized spacial score (nSPS) is 10.1. The molecular weight excluding hydrogens is 362 g/mol. The van der Waals surface area contributed by atoms with Crippen LogP contribution >= 0.6 is 0 Å². The molecule has 6 heteroatoms. The standard InChI is InChI=1S/C12H12N2O2Se2/c1-15-11-5-3-9(7-13-11)17-18-10-4-6-12(16-2)14-8-10/h3-8H,1-2H3. The number of pyridine rings is 2. The summed E-state index contributed by atoms with van der Waals surface area (Å²) in [5, 5.41) is 0. The second-order valence-corrected chi connectivity index (χ2v) is 9.55. The van der Waals surface area contributed by atoms with Gasteiger partial charge in [0.05, 0.1) is 0 Å². The third-order valence-corrected chi connectivity index (χ3v) is 9.17. The molecule has 2 aromatic rings. The van der Waals surface area contributed by atoms with Gasteiger partial charge in [-0.3, -0.25) is 0 Å². The Morgan fingerprint density at radius 2 is 1.22 bits per heavy atom. The van der Waals surface area contributed by atoms with E-state index in [2.05, 4.69) is 22.1 Å². The molecule has 2 aromatic heterocycles. The predicted molar refractivity (Wildman–Crippen MR) is 72.4 cm³/mol. The van der Waals surface area contributed by atoms with E-state index in [1.807, 2.05) is 24.5 Å². The molecule has 0 bridgehead atoms. The van der Waals surface area contributed by atoms with Crippen molar-refractivity contribution in [1.29, 1.82) is 0 Å². The van der Waals surface area contributed by atoms with Crippen molar-refractivity contribution in [2.75, 3.05) is 14.2 Å². The second-order valence-electron chi connectivity index (χ2n) is 3.24. The summed E-state index contributed by atoms with van der Waals surface area (Å²) in [6.45, 7) is 0. The van der Waals surface area contributed by atoms with Gasteiger partial charge in [0.15, 0.2) is 0 Å². The molecule has 0 spiro atoms. The van der Waals surface area contributed by atoms with E-state index < -0.39 is 0 Å². The first-order valence-corrected chi connectivity index (χ1v) is 11.2. The number of nitrogens with zero attached hydrogens (tertiary/aromatic N) is 2. The van der Waals surface area contributed by atoms with Crippen molar-refractivity contribution < 1.29 is 9.47 Å². The van der Waals surface area contributed by atoms with Gasteiger partial charge in [0.1, 0.15) is 0 Å². The van der Waals surface area contributed by atoms with E-state index in [4.69, 9.17) is 9.47 Å². The first-order valence-electron chi connectivity index (χ1n) is 5.16. The van der Waals surface area contributed by atoms with Gasteiger partial charge in [0.2, 0.25) is 0 Å². The Morgan fingerprint density at radius 3 is 1.50 bits per heavy atom. The van der Waals surface area contributed by atoms with Gasteiger partial charge >= 0.3 is 117 Å². The molecule has 0 aliphatic heterocycles. The van der Waals surface area contributed by atoms with E-state index in [1.165, 1.54) is 8.92 Å². The molecular formula is C12H12N2O2Se2. The van der Waals surface area contributed by atoms with Crippen molar-refractivity contribution in [1.82, 2.24) is 9.97 Å². The van der Waals surface area contributed by atoms with Crippen LogP contribution in [0.4, 0.5) is 0 Å². The Bertz CT molecular complexity index is 441. The molecule has 0 fully saturated rings. The van der Waals surface area contributed by atoms with Crippen LogP contribution in [-0.2, 0) is 0 Å². The Balaban J connectivity index is 1.93. The number of aromatic nitrogens is 2. The zero-order valence-electron chi connectivity index (χ0n) is 9.99. The third kappa shape index (κ3) is 3.72. The number of ether oxygens (including phenoxy) is 2. The van der Waals surface area contributed by atoms with E-state index in [0.717, 1.165) is 0 Å². The molecule has 18 heavy (non-hydrogen) atoms. The summed E-state index contributed by atoms with van der Waals surface area (Å²) in [4.78, 5) is 8.41. The van der Waals surface area contributed by atoms with Gasteiger partial charge < -0.3 is 0 Å². The van der Waals surface area contributed by atoms with Crippen LogP contribution in [0.25, 0.3) is 0 Å². The average molecular weight is 374 g/mol. The van der Waals surface area contributed by atoms with Crippen LogP contribution in [0.5, 0.6) is 11.8 Å². The van der Waals surface area contributed by atoms with Gasteiger partial charge in [0, 0.05) is 0 Å². The Labute approximate surface area is 117 Å². The Hall–Kier alpha value is -1.06. The minimum atomic E-state index is 0.419. The van der Waals surface area contributed by atoms with Crippen LogP contribution in [-0.4, -0.2) is 50.5 Å². The molecule has 0 saturated carbocycles. The van der Waals surface area contributed by atoms with Crippen molar-refractivity contribution in [3.63, 3.8) is 0 Å². The van der Waals surface area contributed by atoms with Crippen molar-refractivity contribution in [2.24, 2.45) is 0 Å². The number of hydrogen-bond acceptors (Lipinski definition) is 4. The fraction of sp³-hybridized carbons (Fsp3) is 0.167. The number of hydrogen-bond donors (Lipinski definition) is 0. The van der Waals surface area contributed by atoms with Crippen molar-refractivity contribution >= 4 is 35.2 Å². The third-order valence-electron chi connectivity index (χ3n) is 2.07. The summed E-state index contributed by atoms with van der Waals surface area (Å²) in [6.07, 6.45) is 3.77. The SMILES string of the molecule is COc1ccc([Se][Se]c2ccc(OC)nc2)cn1. The van der Waals surface area contributed by atoms with Crippen LogP contribution in [0.3, 0.4) is 0 Å². The minimum absolute atomic E-state index is 0.419. The van der Waals surface area contributed by atoms with Crippen LogP contribution < -0.4 is 18.4 Å². The Morgan fingerprint density at radius 1 is 0.778 bits per heavy atom. The van der Waals surface area contributed by atoms with Crippen LogP contribution in [0.15, 0.2) is 36.7 Å². The summed E-state index contributed by atoms with van der Waals surface area (Å²) in [6, 6.07) is 7.95. The molecule has 0 radical (unpaired) electrons. The summed E-state index contributed by atoms with van der Waals surface area (Å²) in [7, 11) is 3.25. The molecule has 0 aliphatic carbocycles. The van der Waals surface area contributed by atoms with Gasteiger partial charge in [-0.25, -0.2) is 0 Å². The molecule has 0 aliphatic rings. The van der Waals surface area contributed by atoms with Crippen molar-refractivity contribution in [3.05, 3.63) is 36.7 Å². The maximum absolute atomic E-state index is 5.03. The van der Waals surface area contributed by atoms with E-state index in [9.17, 15) is 0 Å². The van der Waals surface area contributed by atoms with E-state index >= 15 is 0 Å². The quantitative estimate of drug-likeness (QED) is 0.679. The van der Waals surface area contributed by atoms with Crippen LogP contribution in [0.1, 0.15) is 0 Å². The summed E-state index contributed by atoms with van der Waals surface area (Å²) >= 11 is 0.838. The molecule has 0 amide bonds. The fourth-order valence-corrected chi connectivity index (χ4v) is 6.74. The zero-order valence-corrected chi connectivity index (χ0v) is 13.4. The molecule has 94 valence electrons. The molecule has 0 atom stereocenters. The van der Waals surface area contributed by atoms with E-state index in [1.54, 1.807) is 14.2 Å². The van der Waals surface area contributed by atoms with E-state index in [-0.39, 0.29) is 0 Å².